The van der Waals surface area contributed by atoms with Gasteiger partial charge in [0.05, 0.1) is 7.11 Å². The summed E-state index contributed by atoms with van der Waals surface area (Å²) >= 11 is 1.63. The van der Waals surface area contributed by atoms with Gasteiger partial charge in [-0.3, -0.25) is 0 Å². The van der Waals surface area contributed by atoms with E-state index in [0.717, 1.165) is 15.5 Å². The Morgan fingerprint density at radius 1 is 1.24 bits per heavy atom. The van der Waals surface area contributed by atoms with E-state index in [1.807, 2.05) is 36.4 Å². The van der Waals surface area contributed by atoms with Crippen molar-refractivity contribution in [1.29, 1.82) is 0 Å². The fourth-order valence-corrected chi connectivity index (χ4v) is 2.25. The predicted molar refractivity (Wildman–Crippen MR) is 69.2 cm³/mol. The topological polar surface area (TPSA) is 60.2 Å². The van der Waals surface area contributed by atoms with E-state index >= 15 is 0 Å². The number of nitrogens with one attached hydrogen (secondary N) is 1. The lowest BCUT2D eigenvalue weighted by Crippen LogP contribution is -2.07. The Morgan fingerprint density at radius 3 is 2.82 bits per heavy atom. The maximum atomic E-state index is 5.32. The minimum Gasteiger partial charge on any atom is -0.497 e. The molecule has 0 aliphatic carbocycles. The van der Waals surface area contributed by atoms with E-state index in [4.69, 9.17) is 10.6 Å². The van der Waals surface area contributed by atoms with Crippen LogP contribution in [-0.4, -0.2) is 12.1 Å². The Morgan fingerprint density at radius 2 is 2.06 bits per heavy atom. The predicted octanol–water partition coefficient (Wildman–Crippen LogP) is 2.53. The molecule has 1 aromatic heterocycles. The zero-order valence-electron chi connectivity index (χ0n) is 9.38. The van der Waals surface area contributed by atoms with Crippen LogP contribution in [0.3, 0.4) is 0 Å². The number of hydrogen-bond donors (Lipinski definition) is 2. The lowest BCUT2D eigenvalue weighted by molar-refractivity contribution is 0.413. The molecule has 1 heterocycles. The lowest BCUT2D eigenvalue weighted by Gasteiger charge is -2.05. The molecule has 0 bridgehead atoms. The number of nitrogens with zero attached hydrogens (tertiary/aromatic N) is 1. The number of pyridine rings is 1. The highest BCUT2D eigenvalue weighted by molar-refractivity contribution is 7.99. The van der Waals surface area contributed by atoms with Gasteiger partial charge in [0.25, 0.3) is 0 Å². The highest BCUT2D eigenvalue weighted by Crippen LogP contribution is 2.30. The van der Waals surface area contributed by atoms with Crippen LogP contribution in [0.4, 0.5) is 5.82 Å². The van der Waals surface area contributed by atoms with Crippen LogP contribution in [0.2, 0.25) is 0 Å². The standard InChI is InChI=1S/C12H13N3OS/c1-16-9-3-2-4-10(7-9)17-11-5-6-14-12(8-11)15-13/h2-8H,13H2,1H3,(H,14,15). The van der Waals surface area contributed by atoms with Crippen LogP contribution >= 0.6 is 11.8 Å². The molecule has 0 fully saturated rings. The van der Waals surface area contributed by atoms with Gasteiger partial charge in [0.2, 0.25) is 0 Å². The van der Waals surface area contributed by atoms with Gasteiger partial charge in [-0.05, 0) is 30.3 Å². The van der Waals surface area contributed by atoms with E-state index in [0.29, 0.717) is 5.82 Å². The van der Waals surface area contributed by atoms with Crippen molar-refractivity contribution in [2.75, 3.05) is 12.5 Å². The summed E-state index contributed by atoms with van der Waals surface area (Å²) in [6.45, 7) is 0. The first kappa shape index (κ1) is 11.8. The normalized spacial score (nSPS) is 10.0. The third kappa shape index (κ3) is 3.12. The summed E-state index contributed by atoms with van der Waals surface area (Å²) in [7, 11) is 1.66. The molecule has 0 aliphatic rings. The van der Waals surface area contributed by atoms with E-state index in [9.17, 15) is 0 Å². The molecule has 0 amide bonds. The van der Waals surface area contributed by atoms with Gasteiger partial charge in [0.15, 0.2) is 0 Å². The van der Waals surface area contributed by atoms with Gasteiger partial charge in [-0.2, -0.15) is 0 Å². The van der Waals surface area contributed by atoms with Gasteiger partial charge in [-0.15, -0.1) is 0 Å². The summed E-state index contributed by atoms with van der Waals surface area (Å²) in [5, 5.41) is 0. The van der Waals surface area contributed by atoms with Crippen LogP contribution in [-0.2, 0) is 0 Å². The van der Waals surface area contributed by atoms with Crippen LogP contribution in [0, 0.1) is 0 Å². The van der Waals surface area contributed by atoms with Crippen LogP contribution in [0.15, 0.2) is 52.4 Å². The van der Waals surface area contributed by atoms with E-state index in [1.165, 1.54) is 0 Å². The number of rotatable bonds is 4. The number of ether oxygens (including phenoxy) is 1. The average Bonchev–Trinajstić information content (AvgIpc) is 2.39. The number of nitrogens with two attached hydrogens (primary N) is 1. The molecule has 1 aromatic carbocycles. The Labute approximate surface area is 104 Å². The van der Waals surface area contributed by atoms with Crippen molar-refractivity contribution in [3.63, 3.8) is 0 Å². The Kier molecular flexibility index (Phi) is 3.85. The molecule has 17 heavy (non-hydrogen) atoms. The molecule has 2 aromatic rings. The minimum absolute atomic E-state index is 0.651. The third-order valence-corrected chi connectivity index (χ3v) is 3.14. The molecule has 2 rings (SSSR count). The fourth-order valence-electron chi connectivity index (χ4n) is 1.35. The highest BCUT2D eigenvalue weighted by atomic mass is 32.2. The molecule has 0 unspecified atom stereocenters. The summed E-state index contributed by atoms with van der Waals surface area (Å²) in [6.07, 6.45) is 1.72. The number of aromatic nitrogens is 1. The second kappa shape index (κ2) is 5.56. The average molecular weight is 247 g/mol. The monoisotopic (exact) mass is 247 g/mol. The van der Waals surface area contributed by atoms with Crippen LogP contribution in [0.5, 0.6) is 5.75 Å². The van der Waals surface area contributed by atoms with Crippen molar-refractivity contribution in [3.8, 4) is 5.75 Å². The zero-order valence-corrected chi connectivity index (χ0v) is 10.2. The number of hydrogen-bond acceptors (Lipinski definition) is 5. The smallest absolute Gasteiger partial charge is 0.140 e. The van der Waals surface area contributed by atoms with Gasteiger partial charge in [0.1, 0.15) is 11.6 Å². The SMILES string of the molecule is COc1cccc(Sc2ccnc(NN)c2)c1. The molecule has 3 N–H and O–H groups in total. The minimum atomic E-state index is 0.651. The maximum absolute atomic E-state index is 5.32. The van der Waals surface area contributed by atoms with Gasteiger partial charge in [-0.25, -0.2) is 10.8 Å². The summed E-state index contributed by atoms with van der Waals surface area (Å²) < 4.78 is 5.18. The van der Waals surface area contributed by atoms with Crippen molar-refractivity contribution in [2.45, 2.75) is 9.79 Å². The first-order valence-corrected chi connectivity index (χ1v) is 5.88. The summed E-state index contributed by atoms with van der Waals surface area (Å²) in [4.78, 5) is 6.24. The molecular weight excluding hydrogens is 234 g/mol. The number of nitrogen functional groups attached to an aromatic ring is 1. The molecule has 5 heteroatoms. The van der Waals surface area contributed by atoms with Crippen molar-refractivity contribution in [3.05, 3.63) is 42.6 Å². The lowest BCUT2D eigenvalue weighted by atomic mass is 10.3. The third-order valence-electron chi connectivity index (χ3n) is 2.16. The van der Waals surface area contributed by atoms with Gasteiger partial charge in [-0.1, -0.05) is 17.8 Å². The van der Waals surface area contributed by atoms with Crippen LogP contribution in [0.1, 0.15) is 0 Å². The van der Waals surface area contributed by atoms with E-state index in [2.05, 4.69) is 10.4 Å². The molecule has 0 saturated heterocycles. The number of benzene rings is 1. The Bertz CT molecular complexity index is 459. The summed E-state index contributed by atoms with van der Waals surface area (Å²) in [5.74, 6) is 6.82. The van der Waals surface area contributed by atoms with E-state index in [1.54, 1.807) is 25.1 Å². The highest BCUT2D eigenvalue weighted by Gasteiger charge is 2.00. The van der Waals surface area contributed by atoms with Crippen LogP contribution < -0.4 is 16.0 Å². The zero-order chi connectivity index (χ0) is 12.1. The molecule has 4 nitrogen and oxygen atoms in total. The van der Waals surface area contributed by atoms with Gasteiger partial charge < -0.3 is 10.2 Å². The number of anilines is 1. The molecular formula is C12H13N3OS. The van der Waals surface area contributed by atoms with Gasteiger partial charge >= 0.3 is 0 Å². The Balaban J connectivity index is 2.18. The molecule has 0 radical (unpaired) electrons. The first-order valence-electron chi connectivity index (χ1n) is 5.06. The first-order chi connectivity index (χ1) is 8.31. The number of methoxy groups -OCH3 is 1. The molecule has 0 aliphatic heterocycles. The van der Waals surface area contributed by atoms with E-state index < -0.39 is 0 Å². The molecule has 0 atom stereocenters. The fraction of sp³-hybridized carbons (Fsp3) is 0.0833. The van der Waals surface area contributed by atoms with Crippen molar-refractivity contribution < 1.29 is 4.74 Å². The van der Waals surface area contributed by atoms with Crippen molar-refractivity contribution in [1.82, 2.24) is 4.98 Å². The van der Waals surface area contributed by atoms with Crippen molar-refractivity contribution in [2.24, 2.45) is 5.84 Å². The summed E-state index contributed by atoms with van der Waals surface area (Å²) in [5.41, 5.74) is 2.53. The van der Waals surface area contributed by atoms with E-state index in [-0.39, 0.29) is 0 Å². The Hall–Kier alpha value is -1.72. The van der Waals surface area contributed by atoms with Crippen LogP contribution in [0.25, 0.3) is 0 Å². The molecule has 0 saturated carbocycles. The second-order valence-corrected chi connectivity index (χ2v) is 4.45. The molecule has 88 valence electrons. The van der Waals surface area contributed by atoms with Crippen molar-refractivity contribution >= 4 is 17.6 Å². The number of hydrazine groups is 1. The second-order valence-electron chi connectivity index (χ2n) is 3.30. The summed E-state index contributed by atoms with van der Waals surface area (Å²) in [6, 6.07) is 11.7. The molecule has 0 spiro atoms. The quantitative estimate of drug-likeness (QED) is 0.642. The largest absolute Gasteiger partial charge is 0.497 e. The maximum Gasteiger partial charge on any atom is 0.140 e. The van der Waals surface area contributed by atoms with Gasteiger partial charge in [0, 0.05) is 16.0 Å².